The molecule has 0 aliphatic rings. The fraction of sp³-hybridized carbons (Fsp3) is 0.188. The van der Waals surface area contributed by atoms with Crippen LogP contribution >= 0.6 is 23.2 Å². The van der Waals surface area contributed by atoms with Crippen molar-refractivity contribution in [2.24, 2.45) is 0 Å². The standard InChI is InChI=1S/C16H14Cl2N6O4/c1-28-16-13(24(26)27)8-23(21-16)9-14(25)19-15-12(18)7-22(20-15)6-10-4-2-3-5-11(10)17/h2-5,7-8H,6,9H2,1H3,(H,19,20,25). The molecule has 1 aromatic carbocycles. The molecule has 0 aliphatic carbocycles. The molecule has 1 amide bonds. The number of ether oxygens (including phenoxy) is 1. The van der Waals surface area contributed by atoms with E-state index < -0.39 is 10.8 Å². The van der Waals surface area contributed by atoms with Crippen molar-refractivity contribution in [3.05, 3.63) is 62.4 Å². The predicted octanol–water partition coefficient (Wildman–Crippen LogP) is 2.99. The van der Waals surface area contributed by atoms with Gasteiger partial charge in [0.05, 0.1) is 18.6 Å². The smallest absolute Gasteiger partial charge is 0.350 e. The lowest BCUT2D eigenvalue weighted by molar-refractivity contribution is -0.385. The summed E-state index contributed by atoms with van der Waals surface area (Å²) in [5.74, 6) is -0.530. The van der Waals surface area contributed by atoms with Crippen LogP contribution in [0.1, 0.15) is 5.56 Å². The Kier molecular flexibility index (Phi) is 5.81. The van der Waals surface area contributed by atoms with Crippen molar-refractivity contribution in [3.8, 4) is 5.88 Å². The lowest BCUT2D eigenvalue weighted by atomic mass is 10.2. The molecule has 0 saturated heterocycles. The van der Waals surface area contributed by atoms with Crippen molar-refractivity contribution in [1.82, 2.24) is 19.6 Å². The van der Waals surface area contributed by atoms with Gasteiger partial charge in [0.25, 0.3) is 0 Å². The normalized spacial score (nSPS) is 10.7. The first-order valence-electron chi connectivity index (χ1n) is 7.89. The van der Waals surface area contributed by atoms with E-state index in [1.54, 1.807) is 16.9 Å². The molecule has 0 atom stereocenters. The second-order valence-electron chi connectivity index (χ2n) is 5.64. The Labute approximate surface area is 168 Å². The first kappa shape index (κ1) is 19.6. The molecule has 10 nitrogen and oxygen atoms in total. The number of nitrogens with zero attached hydrogens (tertiary/aromatic N) is 5. The van der Waals surface area contributed by atoms with Crippen molar-refractivity contribution in [3.63, 3.8) is 0 Å². The Morgan fingerprint density at radius 2 is 1.96 bits per heavy atom. The number of benzene rings is 1. The van der Waals surface area contributed by atoms with E-state index in [-0.39, 0.29) is 29.0 Å². The molecule has 0 radical (unpaired) electrons. The van der Waals surface area contributed by atoms with Crippen LogP contribution in [0.5, 0.6) is 5.88 Å². The summed E-state index contributed by atoms with van der Waals surface area (Å²) in [6.07, 6.45) is 2.66. The number of rotatable bonds is 7. The molecule has 0 spiro atoms. The zero-order valence-electron chi connectivity index (χ0n) is 14.5. The van der Waals surface area contributed by atoms with Gasteiger partial charge in [-0.1, -0.05) is 41.4 Å². The number of amides is 1. The van der Waals surface area contributed by atoms with Gasteiger partial charge < -0.3 is 10.1 Å². The number of halogens is 2. The second kappa shape index (κ2) is 8.28. The molecule has 28 heavy (non-hydrogen) atoms. The summed E-state index contributed by atoms with van der Waals surface area (Å²) >= 11 is 12.3. The number of carbonyl (C=O) groups excluding carboxylic acids is 1. The number of hydrogen-bond acceptors (Lipinski definition) is 6. The SMILES string of the molecule is COc1nn(CC(=O)Nc2nn(Cc3ccccc3Cl)cc2Cl)cc1[N+](=O)[O-]. The van der Waals surface area contributed by atoms with Crippen molar-refractivity contribution in [2.45, 2.75) is 13.1 Å². The number of nitro groups is 1. The van der Waals surface area contributed by atoms with E-state index in [0.29, 0.717) is 11.6 Å². The maximum absolute atomic E-state index is 12.2. The lowest BCUT2D eigenvalue weighted by Crippen LogP contribution is -2.19. The Bertz CT molecular complexity index is 1030. The van der Waals surface area contributed by atoms with E-state index in [0.717, 1.165) is 16.4 Å². The Morgan fingerprint density at radius 3 is 2.61 bits per heavy atom. The average molecular weight is 425 g/mol. The van der Waals surface area contributed by atoms with Crippen LogP contribution in [0.25, 0.3) is 0 Å². The van der Waals surface area contributed by atoms with Gasteiger partial charge in [0.2, 0.25) is 5.91 Å². The maximum Gasteiger partial charge on any atom is 0.350 e. The van der Waals surface area contributed by atoms with E-state index in [1.165, 1.54) is 7.11 Å². The first-order valence-corrected chi connectivity index (χ1v) is 8.65. The number of carbonyl (C=O) groups is 1. The van der Waals surface area contributed by atoms with Crippen LogP contribution in [0.15, 0.2) is 36.7 Å². The van der Waals surface area contributed by atoms with Gasteiger partial charge in [-0.05, 0) is 11.6 Å². The molecule has 2 aromatic heterocycles. The van der Waals surface area contributed by atoms with Gasteiger partial charge in [-0.3, -0.25) is 24.3 Å². The number of nitrogens with one attached hydrogen (secondary N) is 1. The average Bonchev–Trinajstić information content (AvgIpc) is 3.20. The highest BCUT2D eigenvalue weighted by molar-refractivity contribution is 6.33. The quantitative estimate of drug-likeness (QED) is 0.460. The molecular weight excluding hydrogens is 411 g/mol. The number of methoxy groups -OCH3 is 1. The van der Waals surface area contributed by atoms with E-state index in [1.807, 2.05) is 18.2 Å². The van der Waals surface area contributed by atoms with Gasteiger partial charge in [0.1, 0.15) is 17.8 Å². The number of anilines is 1. The third-order valence-electron chi connectivity index (χ3n) is 3.67. The van der Waals surface area contributed by atoms with Crippen molar-refractivity contribution in [1.29, 1.82) is 0 Å². The lowest BCUT2D eigenvalue weighted by Gasteiger charge is -2.04. The minimum absolute atomic E-state index is 0.160. The molecular formula is C16H14Cl2N6O4. The third-order valence-corrected chi connectivity index (χ3v) is 4.32. The van der Waals surface area contributed by atoms with Gasteiger partial charge in [-0.15, -0.1) is 5.10 Å². The predicted molar refractivity (Wildman–Crippen MR) is 102 cm³/mol. The van der Waals surface area contributed by atoms with Gasteiger partial charge >= 0.3 is 11.6 Å². The van der Waals surface area contributed by atoms with E-state index in [2.05, 4.69) is 15.5 Å². The van der Waals surface area contributed by atoms with E-state index in [9.17, 15) is 14.9 Å². The molecule has 0 fully saturated rings. The highest BCUT2D eigenvalue weighted by atomic mass is 35.5. The second-order valence-corrected chi connectivity index (χ2v) is 6.46. The zero-order chi connectivity index (χ0) is 20.3. The molecule has 1 N–H and O–H groups in total. The van der Waals surface area contributed by atoms with Crippen LogP contribution in [0, 0.1) is 10.1 Å². The summed E-state index contributed by atoms with van der Waals surface area (Å²) in [6, 6.07) is 7.30. The Morgan fingerprint density at radius 1 is 1.21 bits per heavy atom. The summed E-state index contributed by atoms with van der Waals surface area (Å²) in [5, 5.41) is 22.4. The minimum Gasteiger partial charge on any atom is -0.475 e. The third kappa shape index (κ3) is 4.41. The summed E-state index contributed by atoms with van der Waals surface area (Å²) in [4.78, 5) is 22.5. The van der Waals surface area contributed by atoms with E-state index in [4.69, 9.17) is 27.9 Å². The highest BCUT2D eigenvalue weighted by Crippen LogP contribution is 2.24. The molecule has 146 valence electrons. The zero-order valence-corrected chi connectivity index (χ0v) is 16.0. The fourth-order valence-electron chi connectivity index (χ4n) is 2.43. The van der Waals surface area contributed by atoms with Gasteiger partial charge in [-0.25, -0.2) is 0 Å². The Balaban J connectivity index is 1.69. The van der Waals surface area contributed by atoms with Crippen LogP contribution in [-0.2, 0) is 17.9 Å². The van der Waals surface area contributed by atoms with Gasteiger partial charge in [-0.2, -0.15) is 5.10 Å². The van der Waals surface area contributed by atoms with Gasteiger partial charge in [0.15, 0.2) is 5.82 Å². The molecule has 0 aliphatic heterocycles. The fourth-order valence-corrected chi connectivity index (χ4v) is 2.82. The molecule has 12 heteroatoms. The molecule has 3 aromatic rings. The van der Waals surface area contributed by atoms with E-state index >= 15 is 0 Å². The van der Waals surface area contributed by atoms with Gasteiger partial charge in [0, 0.05) is 11.2 Å². The number of aromatic nitrogens is 4. The highest BCUT2D eigenvalue weighted by Gasteiger charge is 2.21. The van der Waals surface area contributed by atoms with Crippen LogP contribution < -0.4 is 10.1 Å². The maximum atomic E-state index is 12.2. The first-order chi connectivity index (χ1) is 13.4. The topological polar surface area (TPSA) is 117 Å². The number of hydrogen-bond donors (Lipinski definition) is 1. The van der Waals surface area contributed by atoms with Crippen molar-refractivity contribution < 1.29 is 14.5 Å². The van der Waals surface area contributed by atoms with Crippen LogP contribution in [0.2, 0.25) is 10.0 Å². The molecule has 0 saturated carbocycles. The summed E-state index contributed by atoms with van der Waals surface area (Å²) in [5.41, 5.74) is 0.509. The molecule has 2 heterocycles. The van der Waals surface area contributed by atoms with Crippen LogP contribution in [-0.4, -0.2) is 37.5 Å². The van der Waals surface area contributed by atoms with Crippen LogP contribution in [0.3, 0.4) is 0 Å². The minimum atomic E-state index is -0.645. The van der Waals surface area contributed by atoms with Crippen molar-refractivity contribution in [2.75, 3.05) is 12.4 Å². The summed E-state index contributed by atoms with van der Waals surface area (Å²) < 4.78 is 7.46. The van der Waals surface area contributed by atoms with Crippen molar-refractivity contribution >= 4 is 40.6 Å². The summed E-state index contributed by atoms with van der Waals surface area (Å²) in [7, 11) is 1.26. The monoisotopic (exact) mass is 424 g/mol. The molecule has 3 rings (SSSR count). The van der Waals surface area contributed by atoms with Crippen LogP contribution in [0.4, 0.5) is 11.5 Å². The molecule has 0 bridgehead atoms. The molecule has 0 unspecified atom stereocenters. The largest absolute Gasteiger partial charge is 0.475 e. The Hall–Kier alpha value is -3.11. The summed E-state index contributed by atoms with van der Waals surface area (Å²) in [6.45, 7) is 0.0930.